The molecule has 16 heavy (non-hydrogen) atoms. The van der Waals surface area contributed by atoms with E-state index in [1.807, 2.05) is 30.3 Å². The van der Waals surface area contributed by atoms with Gasteiger partial charge in [-0.3, -0.25) is 9.59 Å². The van der Waals surface area contributed by atoms with Crippen LogP contribution < -0.4 is 5.73 Å². The highest BCUT2D eigenvalue weighted by molar-refractivity contribution is 5.80. The van der Waals surface area contributed by atoms with Gasteiger partial charge in [-0.1, -0.05) is 36.4 Å². The molecule has 0 fully saturated rings. The fraction of sp³-hybridized carbons (Fsp3) is 0.231. The number of carbonyl (C=O) groups is 2. The van der Waals surface area contributed by atoms with Crippen molar-refractivity contribution in [3.63, 3.8) is 0 Å². The van der Waals surface area contributed by atoms with Crippen molar-refractivity contribution in [2.24, 2.45) is 5.73 Å². The molecule has 84 valence electrons. The Morgan fingerprint density at radius 1 is 1.31 bits per heavy atom. The van der Waals surface area contributed by atoms with E-state index < -0.39 is 0 Å². The highest BCUT2D eigenvalue weighted by atomic mass is 16.1. The Bertz CT molecular complexity index is 422. The minimum absolute atomic E-state index is 0.121. The Morgan fingerprint density at radius 2 is 2.00 bits per heavy atom. The highest BCUT2D eigenvalue weighted by Crippen LogP contribution is 2.12. The van der Waals surface area contributed by atoms with Crippen molar-refractivity contribution in [1.29, 1.82) is 0 Å². The molecule has 0 aliphatic rings. The quantitative estimate of drug-likeness (QED) is 0.816. The Balaban J connectivity index is 2.82. The Kier molecular flexibility index (Phi) is 4.45. The zero-order valence-electron chi connectivity index (χ0n) is 9.27. The van der Waals surface area contributed by atoms with E-state index in [0.717, 1.165) is 11.1 Å². The van der Waals surface area contributed by atoms with Crippen molar-refractivity contribution < 1.29 is 9.59 Å². The van der Waals surface area contributed by atoms with Gasteiger partial charge in [0.25, 0.3) is 0 Å². The van der Waals surface area contributed by atoms with Gasteiger partial charge in [-0.25, -0.2) is 0 Å². The summed E-state index contributed by atoms with van der Waals surface area (Å²) >= 11 is 0. The first kappa shape index (κ1) is 12.2. The molecule has 3 nitrogen and oxygen atoms in total. The van der Waals surface area contributed by atoms with Crippen molar-refractivity contribution in [1.82, 2.24) is 0 Å². The van der Waals surface area contributed by atoms with Crippen LogP contribution in [0.3, 0.4) is 0 Å². The average Bonchev–Trinajstić information content (AvgIpc) is 2.19. The maximum Gasteiger partial charge on any atom is 0.221 e. The SMILES string of the molecule is CC(=O)Cc1ccccc1C=CCC(N)=O. The number of hydrogen-bond acceptors (Lipinski definition) is 2. The van der Waals surface area contributed by atoms with Crippen LogP contribution in [0.1, 0.15) is 24.5 Å². The lowest BCUT2D eigenvalue weighted by Crippen LogP contribution is -2.08. The van der Waals surface area contributed by atoms with Crippen LogP contribution in [0.2, 0.25) is 0 Å². The number of Topliss-reactive ketones (excluding diaryl/α,β-unsaturated/α-hetero) is 1. The Labute approximate surface area is 95.0 Å². The van der Waals surface area contributed by atoms with E-state index in [2.05, 4.69) is 0 Å². The van der Waals surface area contributed by atoms with Crippen molar-refractivity contribution in [3.8, 4) is 0 Å². The zero-order chi connectivity index (χ0) is 12.0. The fourth-order valence-corrected chi connectivity index (χ4v) is 1.43. The van der Waals surface area contributed by atoms with Crippen LogP contribution in [0.25, 0.3) is 6.08 Å². The second kappa shape index (κ2) is 5.85. The van der Waals surface area contributed by atoms with Crippen LogP contribution >= 0.6 is 0 Å². The summed E-state index contributed by atoms with van der Waals surface area (Å²) < 4.78 is 0. The third-order valence-electron chi connectivity index (χ3n) is 2.11. The molecular weight excluding hydrogens is 202 g/mol. The second-order valence-corrected chi connectivity index (χ2v) is 3.65. The third kappa shape index (κ3) is 4.09. The predicted octanol–water partition coefficient (Wildman–Crippen LogP) is 1.71. The number of hydrogen-bond donors (Lipinski definition) is 1. The summed E-state index contributed by atoms with van der Waals surface area (Å²) in [4.78, 5) is 21.6. The Morgan fingerprint density at radius 3 is 2.62 bits per heavy atom. The molecule has 0 saturated heterocycles. The topological polar surface area (TPSA) is 60.2 Å². The van der Waals surface area contributed by atoms with Gasteiger partial charge in [0.15, 0.2) is 0 Å². The second-order valence-electron chi connectivity index (χ2n) is 3.65. The first-order valence-corrected chi connectivity index (χ1v) is 5.12. The summed E-state index contributed by atoms with van der Waals surface area (Å²) in [5.41, 5.74) is 6.96. The lowest BCUT2D eigenvalue weighted by Gasteiger charge is -2.02. The van der Waals surface area contributed by atoms with Gasteiger partial charge in [0.1, 0.15) is 5.78 Å². The van der Waals surface area contributed by atoms with E-state index in [9.17, 15) is 9.59 Å². The third-order valence-corrected chi connectivity index (χ3v) is 2.11. The van der Waals surface area contributed by atoms with Gasteiger partial charge in [-0.15, -0.1) is 0 Å². The molecule has 0 aliphatic carbocycles. The molecule has 3 heteroatoms. The lowest BCUT2D eigenvalue weighted by molar-refractivity contribution is -0.117. The molecule has 0 atom stereocenters. The molecule has 0 spiro atoms. The summed E-state index contributed by atoms with van der Waals surface area (Å²) in [6, 6.07) is 7.61. The van der Waals surface area contributed by atoms with Crippen LogP contribution in [0.5, 0.6) is 0 Å². The maximum absolute atomic E-state index is 11.0. The number of rotatable bonds is 5. The minimum atomic E-state index is -0.361. The standard InChI is InChI=1S/C13H15NO2/c1-10(15)9-12-6-3-2-5-11(12)7-4-8-13(14)16/h2-7H,8-9H2,1H3,(H2,14,16). The van der Waals surface area contributed by atoms with Crippen LogP contribution in [0.15, 0.2) is 30.3 Å². The minimum Gasteiger partial charge on any atom is -0.369 e. The van der Waals surface area contributed by atoms with Crippen molar-refractivity contribution in [3.05, 3.63) is 41.5 Å². The number of primary amides is 1. The average molecular weight is 217 g/mol. The molecule has 0 radical (unpaired) electrons. The molecule has 1 rings (SSSR count). The lowest BCUT2D eigenvalue weighted by atomic mass is 10.0. The van der Waals surface area contributed by atoms with Crippen molar-refractivity contribution in [2.45, 2.75) is 19.8 Å². The molecule has 1 aromatic carbocycles. The van der Waals surface area contributed by atoms with Gasteiger partial charge in [-0.05, 0) is 18.1 Å². The van der Waals surface area contributed by atoms with E-state index in [-0.39, 0.29) is 18.1 Å². The summed E-state index contributed by atoms with van der Waals surface area (Å²) in [6.45, 7) is 1.56. The van der Waals surface area contributed by atoms with Crippen LogP contribution in [-0.4, -0.2) is 11.7 Å². The monoisotopic (exact) mass is 217 g/mol. The number of benzene rings is 1. The smallest absolute Gasteiger partial charge is 0.221 e. The number of nitrogens with two attached hydrogens (primary N) is 1. The van der Waals surface area contributed by atoms with Crippen molar-refractivity contribution >= 4 is 17.8 Å². The molecule has 0 aromatic heterocycles. The largest absolute Gasteiger partial charge is 0.369 e. The van der Waals surface area contributed by atoms with Crippen LogP contribution in [-0.2, 0) is 16.0 Å². The normalized spacial score (nSPS) is 10.6. The summed E-state index contributed by atoms with van der Waals surface area (Å²) in [7, 11) is 0. The predicted molar refractivity (Wildman–Crippen MR) is 63.7 cm³/mol. The fourth-order valence-electron chi connectivity index (χ4n) is 1.43. The molecule has 0 heterocycles. The van der Waals surface area contributed by atoms with E-state index in [1.54, 1.807) is 13.0 Å². The van der Waals surface area contributed by atoms with Crippen molar-refractivity contribution in [2.75, 3.05) is 0 Å². The molecule has 0 aliphatic heterocycles. The van der Waals surface area contributed by atoms with Crippen LogP contribution in [0, 0.1) is 0 Å². The first-order chi connectivity index (χ1) is 7.59. The van der Waals surface area contributed by atoms with E-state index in [4.69, 9.17) is 5.73 Å². The molecule has 0 unspecified atom stereocenters. The van der Waals surface area contributed by atoms with E-state index in [1.165, 1.54) is 0 Å². The van der Waals surface area contributed by atoms with Gasteiger partial charge in [-0.2, -0.15) is 0 Å². The summed E-state index contributed by atoms with van der Waals surface area (Å²) in [5, 5.41) is 0. The van der Waals surface area contributed by atoms with Gasteiger partial charge < -0.3 is 5.73 Å². The first-order valence-electron chi connectivity index (χ1n) is 5.12. The molecule has 1 aromatic rings. The van der Waals surface area contributed by atoms with Gasteiger partial charge in [0.2, 0.25) is 5.91 Å². The van der Waals surface area contributed by atoms with E-state index in [0.29, 0.717) is 6.42 Å². The summed E-state index contributed by atoms with van der Waals surface area (Å²) in [5.74, 6) is -0.240. The molecule has 1 amide bonds. The van der Waals surface area contributed by atoms with Crippen LogP contribution in [0.4, 0.5) is 0 Å². The zero-order valence-corrected chi connectivity index (χ0v) is 9.27. The number of carbonyl (C=O) groups excluding carboxylic acids is 2. The summed E-state index contributed by atoms with van der Waals surface area (Å²) in [6.07, 6.45) is 4.16. The molecule has 2 N–H and O–H groups in total. The highest BCUT2D eigenvalue weighted by Gasteiger charge is 2.01. The van der Waals surface area contributed by atoms with Gasteiger partial charge in [0, 0.05) is 12.8 Å². The van der Waals surface area contributed by atoms with Gasteiger partial charge in [0.05, 0.1) is 0 Å². The number of ketones is 1. The molecular formula is C13H15NO2. The van der Waals surface area contributed by atoms with E-state index >= 15 is 0 Å². The molecule has 0 bridgehead atoms. The number of amides is 1. The van der Waals surface area contributed by atoms with Gasteiger partial charge >= 0.3 is 0 Å². The molecule has 0 saturated carbocycles. The maximum atomic E-state index is 11.0. The Hall–Kier alpha value is -1.90.